The van der Waals surface area contributed by atoms with Crippen LogP contribution < -0.4 is 0 Å². The van der Waals surface area contributed by atoms with E-state index in [2.05, 4.69) is 42.4 Å². The standard InChI is InChI=1S/C15H14N2/c1-2-12-6-5-7-13(10-12)14-11-17-9-4-3-8-15(17)16-14/h3-11H,2H2,1H3. The predicted molar refractivity (Wildman–Crippen MR) is 70.0 cm³/mol. The number of hydrogen-bond donors (Lipinski definition) is 0. The molecule has 0 saturated heterocycles. The summed E-state index contributed by atoms with van der Waals surface area (Å²) in [6.45, 7) is 2.17. The fraction of sp³-hybridized carbons (Fsp3) is 0.133. The first-order valence-electron chi connectivity index (χ1n) is 5.90. The van der Waals surface area contributed by atoms with Gasteiger partial charge in [0.1, 0.15) is 5.65 Å². The molecule has 17 heavy (non-hydrogen) atoms. The van der Waals surface area contributed by atoms with Gasteiger partial charge >= 0.3 is 0 Å². The summed E-state index contributed by atoms with van der Waals surface area (Å²) < 4.78 is 2.05. The molecule has 2 aromatic heterocycles. The molecule has 0 radical (unpaired) electrons. The molecule has 2 heterocycles. The van der Waals surface area contributed by atoms with Crippen LogP contribution in [0.25, 0.3) is 16.9 Å². The van der Waals surface area contributed by atoms with E-state index in [1.54, 1.807) is 0 Å². The van der Waals surface area contributed by atoms with Crippen molar-refractivity contribution in [2.24, 2.45) is 0 Å². The maximum absolute atomic E-state index is 4.62. The third kappa shape index (κ3) is 1.82. The Balaban J connectivity index is 2.13. The Morgan fingerprint density at radius 3 is 2.88 bits per heavy atom. The number of imidazole rings is 1. The van der Waals surface area contributed by atoms with E-state index in [0.717, 1.165) is 17.8 Å². The van der Waals surface area contributed by atoms with Crippen molar-refractivity contribution in [1.29, 1.82) is 0 Å². The fourth-order valence-electron chi connectivity index (χ4n) is 2.02. The minimum atomic E-state index is 0.990. The minimum absolute atomic E-state index is 0.990. The second-order valence-corrected chi connectivity index (χ2v) is 4.15. The lowest BCUT2D eigenvalue weighted by atomic mass is 10.1. The highest BCUT2D eigenvalue weighted by Crippen LogP contribution is 2.20. The molecule has 0 bridgehead atoms. The van der Waals surface area contributed by atoms with Crippen molar-refractivity contribution in [2.75, 3.05) is 0 Å². The highest BCUT2D eigenvalue weighted by molar-refractivity contribution is 5.63. The van der Waals surface area contributed by atoms with E-state index in [-0.39, 0.29) is 0 Å². The van der Waals surface area contributed by atoms with Crippen LogP contribution in [0.3, 0.4) is 0 Å². The number of nitrogens with zero attached hydrogens (tertiary/aromatic N) is 2. The molecule has 0 aliphatic rings. The van der Waals surface area contributed by atoms with Crippen LogP contribution in [0.4, 0.5) is 0 Å². The Hall–Kier alpha value is -2.09. The van der Waals surface area contributed by atoms with E-state index in [1.807, 2.05) is 28.8 Å². The van der Waals surface area contributed by atoms with Gasteiger partial charge in [-0.05, 0) is 30.2 Å². The summed E-state index contributed by atoms with van der Waals surface area (Å²) in [5, 5.41) is 0. The Morgan fingerprint density at radius 1 is 1.12 bits per heavy atom. The zero-order chi connectivity index (χ0) is 11.7. The SMILES string of the molecule is CCc1cccc(-c2cn3ccccc3n2)c1. The first-order chi connectivity index (χ1) is 8.36. The van der Waals surface area contributed by atoms with Crippen molar-refractivity contribution >= 4 is 5.65 Å². The van der Waals surface area contributed by atoms with Crippen molar-refractivity contribution in [1.82, 2.24) is 9.38 Å². The van der Waals surface area contributed by atoms with Gasteiger partial charge in [0.2, 0.25) is 0 Å². The van der Waals surface area contributed by atoms with Gasteiger partial charge in [-0.25, -0.2) is 4.98 Å². The Bertz CT molecular complexity index is 620. The highest BCUT2D eigenvalue weighted by Gasteiger charge is 2.03. The lowest BCUT2D eigenvalue weighted by Crippen LogP contribution is -1.82. The average Bonchev–Trinajstić information content (AvgIpc) is 2.82. The molecule has 0 saturated carbocycles. The van der Waals surface area contributed by atoms with Crippen LogP contribution in [-0.4, -0.2) is 9.38 Å². The molecule has 84 valence electrons. The second-order valence-electron chi connectivity index (χ2n) is 4.15. The number of aryl methyl sites for hydroxylation is 1. The maximum Gasteiger partial charge on any atom is 0.137 e. The molecule has 0 aliphatic carbocycles. The van der Waals surface area contributed by atoms with Crippen LogP contribution in [0.2, 0.25) is 0 Å². The van der Waals surface area contributed by atoms with Crippen LogP contribution in [-0.2, 0) is 6.42 Å². The summed E-state index contributed by atoms with van der Waals surface area (Å²) in [5.74, 6) is 0. The van der Waals surface area contributed by atoms with Crippen LogP contribution >= 0.6 is 0 Å². The zero-order valence-corrected chi connectivity index (χ0v) is 9.80. The van der Waals surface area contributed by atoms with Gasteiger partial charge in [0.25, 0.3) is 0 Å². The lowest BCUT2D eigenvalue weighted by Gasteiger charge is -1.99. The van der Waals surface area contributed by atoms with Crippen molar-refractivity contribution < 1.29 is 0 Å². The first-order valence-corrected chi connectivity index (χ1v) is 5.90. The Kier molecular flexibility index (Phi) is 2.41. The molecule has 1 aromatic carbocycles. The van der Waals surface area contributed by atoms with E-state index >= 15 is 0 Å². The maximum atomic E-state index is 4.62. The Labute approximate surface area is 101 Å². The Morgan fingerprint density at radius 2 is 2.06 bits per heavy atom. The van der Waals surface area contributed by atoms with E-state index in [1.165, 1.54) is 11.1 Å². The monoisotopic (exact) mass is 222 g/mol. The summed E-state index contributed by atoms with van der Waals surface area (Å²) in [6, 6.07) is 14.6. The largest absolute Gasteiger partial charge is 0.306 e. The van der Waals surface area contributed by atoms with E-state index in [4.69, 9.17) is 0 Å². The molecule has 3 aromatic rings. The molecule has 0 amide bonds. The molecular formula is C15H14N2. The van der Waals surface area contributed by atoms with Crippen LogP contribution in [0.5, 0.6) is 0 Å². The third-order valence-corrected chi connectivity index (χ3v) is 2.99. The average molecular weight is 222 g/mol. The molecule has 0 N–H and O–H groups in total. The zero-order valence-electron chi connectivity index (χ0n) is 9.80. The van der Waals surface area contributed by atoms with Gasteiger partial charge in [-0.3, -0.25) is 0 Å². The van der Waals surface area contributed by atoms with Crippen molar-refractivity contribution in [3.05, 3.63) is 60.4 Å². The molecule has 0 unspecified atom stereocenters. The normalized spacial score (nSPS) is 10.9. The number of rotatable bonds is 2. The third-order valence-electron chi connectivity index (χ3n) is 2.99. The molecule has 2 nitrogen and oxygen atoms in total. The van der Waals surface area contributed by atoms with Gasteiger partial charge in [0.05, 0.1) is 5.69 Å². The smallest absolute Gasteiger partial charge is 0.137 e. The van der Waals surface area contributed by atoms with Gasteiger partial charge in [0, 0.05) is 18.0 Å². The quantitative estimate of drug-likeness (QED) is 0.648. The molecule has 0 aliphatic heterocycles. The van der Waals surface area contributed by atoms with Gasteiger partial charge in [-0.15, -0.1) is 0 Å². The van der Waals surface area contributed by atoms with E-state index in [0.29, 0.717) is 0 Å². The molecule has 0 fully saturated rings. The van der Waals surface area contributed by atoms with Crippen LogP contribution in [0.1, 0.15) is 12.5 Å². The molecule has 2 heteroatoms. The predicted octanol–water partition coefficient (Wildman–Crippen LogP) is 3.56. The van der Waals surface area contributed by atoms with Gasteiger partial charge in [-0.1, -0.05) is 31.2 Å². The summed E-state index contributed by atoms with van der Waals surface area (Å²) >= 11 is 0. The number of pyridine rings is 1. The number of hydrogen-bond acceptors (Lipinski definition) is 1. The molecular weight excluding hydrogens is 208 g/mol. The summed E-state index contributed by atoms with van der Waals surface area (Å²) in [6.07, 6.45) is 5.15. The topological polar surface area (TPSA) is 17.3 Å². The van der Waals surface area contributed by atoms with E-state index < -0.39 is 0 Å². The first kappa shape index (κ1) is 10.1. The minimum Gasteiger partial charge on any atom is -0.306 e. The molecule has 0 atom stereocenters. The van der Waals surface area contributed by atoms with Crippen LogP contribution in [0.15, 0.2) is 54.9 Å². The van der Waals surface area contributed by atoms with Gasteiger partial charge < -0.3 is 4.40 Å². The highest BCUT2D eigenvalue weighted by atomic mass is 15.0. The van der Waals surface area contributed by atoms with Crippen molar-refractivity contribution in [3.8, 4) is 11.3 Å². The summed E-state index contributed by atoms with van der Waals surface area (Å²) in [7, 11) is 0. The lowest BCUT2D eigenvalue weighted by molar-refractivity contribution is 1.14. The van der Waals surface area contributed by atoms with Gasteiger partial charge in [-0.2, -0.15) is 0 Å². The number of aromatic nitrogens is 2. The van der Waals surface area contributed by atoms with Crippen molar-refractivity contribution in [2.45, 2.75) is 13.3 Å². The van der Waals surface area contributed by atoms with Crippen molar-refractivity contribution in [3.63, 3.8) is 0 Å². The number of fused-ring (bicyclic) bond motifs is 1. The summed E-state index contributed by atoms with van der Waals surface area (Å²) in [4.78, 5) is 4.62. The fourth-order valence-corrected chi connectivity index (χ4v) is 2.02. The second kappa shape index (κ2) is 4.06. The molecule has 0 spiro atoms. The molecule has 3 rings (SSSR count). The number of benzene rings is 1. The summed E-state index contributed by atoms with van der Waals surface area (Å²) in [5.41, 5.74) is 4.56. The van der Waals surface area contributed by atoms with Gasteiger partial charge in [0.15, 0.2) is 0 Å². The van der Waals surface area contributed by atoms with E-state index in [9.17, 15) is 0 Å². The van der Waals surface area contributed by atoms with Crippen LogP contribution in [0, 0.1) is 0 Å².